The minimum absolute atomic E-state index is 0.0895. The number of piperazine rings is 1. The zero-order valence-corrected chi connectivity index (χ0v) is 12.6. The Kier molecular flexibility index (Phi) is 3.86. The van der Waals surface area contributed by atoms with Gasteiger partial charge in [0.2, 0.25) is 0 Å². The molecular weight excluding hydrogens is 239 g/mol. The summed E-state index contributed by atoms with van der Waals surface area (Å²) in [6, 6.07) is 5.56. The zero-order chi connectivity index (χ0) is 14.2. The van der Waals surface area contributed by atoms with Gasteiger partial charge in [0.05, 0.1) is 0 Å². The van der Waals surface area contributed by atoms with Crippen LogP contribution in [-0.2, 0) is 0 Å². The molecule has 1 heterocycles. The first-order chi connectivity index (χ1) is 8.80. The summed E-state index contributed by atoms with van der Waals surface area (Å²) in [5, 5.41) is 3.60. The molecule has 0 spiro atoms. The Hall–Kier alpha value is -1.09. The molecule has 1 aliphatic heterocycles. The predicted octanol–water partition coefficient (Wildman–Crippen LogP) is 3.35. The van der Waals surface area contributed by atoms with Crippen molar-refractivity contribution in [2.75, 3.05) is 18.0 Å². The van der Waals surface area contributed by atoms with Crippen LogP contribution >= 0.6 is 0 Å². The second kappa shape index (κ2) is 5.12. The maximum atomic E-state index is 13.3. The Labute approximate surface area is 116 Å². The van der Waals surface area contributed by atoms with Crippen molar-refractivity contribution < 1.29 is 4.39 Å². The van der Waals surface area contributed by atoms with Crippen LogP contribution in [0.2, 0.25) is 0 Å². The first-order valence-corrected chi connectivity index (χ1v) is 7.08. The molecule has 0 aliphatic carbocycles. The van der Waals surface area contributed by atoms with Crippen molar-refractivity contribution >= 4 is 5.69 Å². The van der Waals surface area contributed by atoms with Crippen molar-refractivity contribution in [3.05, 3.63) is 29.6 Å². The SMILES string of the molecule is Cc1cc(F)ccc1N1CC(C)(C)NCC1C(C)C. The number of rotatable bonds is 2. The van der Waals surface area contributed by atoms with Crippen LogP contribution in [0.5, 0.6) is 0 Å². The van der Waals surface area contributed by atoms with Crippen molar-refractivity contribution in [2.45, 2.75) is 46.2 Å². The lowest BCUT2D eigenvalue weighted by molar-refractivity contribution is 0.277. The molecule has 1 unspecified atom stereocenters. The summed E-state index contributed by atoms with van der Waals surface area (Å²) in [7, 11) is 0. The van der Waals surface area contributed by atoms with Gasteiger partial charge in [-0.25, -0.2) is 4.39 Å². The van der Waals surface area contributed by atoms with Crippen molar-refractivity contribution in [1.29, 1.82) is 0 Å². The third kappa shape index (κ3) is 3.08. The number of benzene rings is 1. The largest absolute Gasteiger partial charge is 0.365 e. The number of anilines is 1. The molecule has 2 nitrogen and oxygen atoms in total. The highest BCUT2D eigenvalue weighted by Crippen LogP contribution is 2.29. The molecule has 1 fully saturated rings. The summed E-state index contributed by atoms with van der Waals surface area (Å²) < 4.78 is 13.3. The number of nitrogens with zero attached hydrogens (tertiary/aromatic N) is 1. The molecule has 2 rings (SSSR count). The van der Waals surface area contributed by atoms with Crippen molar-refractivity contribution in [3.8, 4) is 0 Å². The molecule has 0 aromatic heterocycles. The molecule has 1 aliphatic rings. The van der Waals surface area contributed by atoms with Crippen molar-refractivity contribution in [1.82, 2.24) is 5.32 Å². The second-order valence-electron chi connectivity index (χ2n) is 6.63. The van der Waals surface area contributed by atoms with Gasteiger partial charge in [-0.2, -0.15) is 0 Å². The first kappa shape index (κ1) is 14.3. The Morgan fingerprint density at radius 1 is 1.37 bits per heavy atom. The average Bonchev–Trinajstić information content (AvgIpc) is 2.27. The van der Waals surface area contributed by atoms with Crippen molar-refractivity contribution in [3.63, 3.8) is 0 Å². The number of halogens is 1. The molecule has 0 bridgehead atoms. The lowest BCUT2D eigenvalue weighted by Crippen LogP contribution is -2.63. The molecule has 3 heteroatoms. The highest BCUT2D eigenvalue weighted by Gasteiger charge is 2.34. The van der Waals surface area contributed by atoms with Gasteiger partial charge in [-0.3, -0.25) is 0 Å². The summed E-state index contributed by atoms with van der Waals surface area (Å²) in [6.45, 7) is 12.8. The Morgan fingerprint density at radius 3 is 2.63 bits per heavy atom. The van der Waals surface area contributed by atoms with Crippen LogP contribution in [0.15, 0.2) is 18.2 Å². The Balaban J connectivity index is 2.36. The smallest absolute Gasteiger partial charge is 0.123 e. The Morgan fingerprint density at radius 2 is 2.05 bits per heavy atom. The fourth-order valence-corrected chi connectivity index (χ4v) is 2.89. The number of hydrogen-bond donors (Lipinski definition) is 1. The Bertz CT molecular complexity index is 454. The van der Waals surface area contributed by atoms with Gasteiger partial charge in [-0.15, -0.1) is 0 Å². The maximum Gasteiger partial charge on any atom is 0.123 e. The summed E-state index contributed by atoms with van der Waals surface area (Å²) in [4.78, 5) is 2.44. The quantitative estimate of drug-likeness (QED) is 0.881. The second-order valence-corrected chi connectivity index (χ2v) is 6.63. The fourth-order valence-electron chi connectivity index (χ4n) is 2.89. The molecule has 106 valence electrons. The van der Waals surface area contributed by atoms with E-state index in [0.717, 1.165) is 24.3 Å². The van der Waals surface area contributed by atoms with Gasteiger partial charge in [0, 0.05) is 30.4 Å². The molecule has 19 heavy (non-hydrogen) atoms. The topological polar surface area (TPSA) is 15.3 Å². The minimum atomic E-state index is -0.156. The predicted molar refractivity (Wildman–Crippen MR) is 79.2 cm³/mol. The van der Waals surface area contributed by atoms with E-state index in [9.17, 15) is 4.39 Å². The lowest BCUT2D eigenvalue weighted by Gasteiger charge is -2.48. The normalized spacial score (nSPS) is 22.9. The van der Waals surface area contributed by atoms with Crippen molar-refractivity contribution in [2.24, 2.45) is 5.92 Å². The highest BCUT2D eigenvalue weighted by molar-refractivity contribution is 5.55. The number of aryl methyl sites for hydroxylation is 1. The van der Waals surface area contributed by atoms with E-state index in [-0.39, 0.29) is 11.4 Å². The minimum Gasteiger partial charge on any atom is -0.365 e. The van der Waals surface area contributed by atoms with Gasteiger partial charge >= 0.3 is 0 Å². The van der Waals surface area contributed by atoms with Crippen LogP contribution in [0.25, 0.3) is 0 Å². The van der Waals surface area contributed by atoms with E-state index < -0.39 is 0 Å². The monoisotopic (exact) mass is 264 g/mol. The van der Waals surface area contributed by atoms with E-state index >= 15 is 0 Å². The molecule has 1 atom stereocenters. The molecule has 1 saturated heterocycles. The summed E-state index contributed by atoms with van der Waals surface area (Å²) >= 11 is 0. The molecular formula is C16H25FN2. The highest BCUT2D eigenvalue weighted by atomic mass is 19.1. The molecule has 1 aromatic carbocycles. The molecule has 0 saturated carbocycles. The van der Waals surface area contributed by atoms with E-state index in [2.05, 4.69) is 37.9 Å². The average molecular weight is 264 g/mol. The first-order valence-electron chi connectivity index (χ1n) is 7.08. The summed E-state index contributed by atoms with van der Waals surface area (Å²) in [5.74, 6) is 0.407. The van der Waals surface area contributed by atoms with Gasteiger partial charge in [-0.05, 0) is 50.5 Å². The van der Waals surface area contributed by atoms with Gasteiger partial charge in [-0.1, -0.05) is 13.8 Å². The molecule has 1 N–H and O–H groups in total. The van der Waals surface area contributed by atoms with Crippen LogP contribution in [-0.4, -0.2) is 24.7 Å². The van der Waals surface area contributed by atoms with E-state index in [0.29, 0.717) is 12.0 Å². The molecule has 1 aromatic rings. The lowest BCUT2D eigenvalue weighted by atomic mass is 9.92. The van der Waals surface area contributed by atoms with Gasteiger partial charge in [0.15, 0.2) is 0 Å². The van der Waals surface area contributed by atoms with Crippen LogP contribution in [0.3, 0.4) is 0 Å². The third-order valence-corrected chi connectivity index (χ3v) is 3.99. The van der Waals surface area contributed by atoms with E-state index in [1.54, 1.807) is 12.1 Å². The van der Waals surface area contributed by atoms with Crippen LogP contribution in [0.4, 0.5) is 10.1 Å². The molecule has 0 radical (unpaired) electrons. The van der Waals surface area contributed by atoms with Crippen LogP contribution in [0, 0.1) is 18.7 Å². The standard InChI is InChI=1S/C16H25FN2/c1-11(2)15-9-18-16(4,5)10-19(15)14-7-6-13(17)8-12(14)3/h6-8,11,15,18H,9-10H2,1-5H3. The van der Waals surface area contributed by atoms with Gasteiger partial charge in [0.1, 0.15) is 5.82 Å². The third-order valence-electron chi connectivity index (χ3n) is 3.99. The van der Waals surface area contributed by atoms with Crippen LogP contribution < -0.4 is 10.2 Å². The summed E-state index contributed by atoms with van der Waals surface area (Å²) in [6.07, 6.45) is 0. The number of nitrogens with one attached hydrogen (secondary N) is 1. The van der Waals surface area contributed by atoms with E-state index in [1.165, 1.54) is 0 Å². The fraction of sp³-hybridized carbons (Fsp3) is 0.625. The van der Waals surface area contributed by atoms with Gasteiger partial charge < -0.3 is 10.2 Å². The number of hydrogen-bond acceptors (Lipinski definition) is 2. The maximum absolute atomic E-state index is 13.3. The zero-order valence-electron chi connectivity index (χ0n) is 12.6. The summed E-state index contributed by atoms with van der Waals surface area (Å²) in [5.41, 5.74) is 2.27. The van der Waals surface area contributed by atoms with Gasteiger partial charge in [0.25, 0.3) is 0 Å². The van der Waals surface area contributed by atoms with E-state index in [4.69, 9.17) is 0 Å². The van der Waals surface area contributed by atoms with E-state index in [1.807, 2.05) is 13.0 Å². The molecule has 0 amide bonds. The van der Waals surface area contributed by atoms with Crippen LogP contribution in [0.1, 0.15) is 33.3 Å².